The van der Waals surface area contributed by atoms with Crippen LogP contribution in [0.1, 0.15) is 0 Å². The molecule has 0 saturated carbocycles. The Morgan fingerprint density at radius 2 is 1.18 bits per heavy atom. The van der Waals surface area contributed by atoms with E-state index >= 15 is 0 Å². The summed E-state index contributed by atoms with van der Waals surface area (Å²) in [4.78, 5) is 10.7. The van der Waals surface area contributed by atoms with Gasteiger partial charge < -0.3 is 9.30 Å². The van der Waals surface area contributed by atoms with Crippen LogP contribution in [0.15, 0.2) is 146 Å². The molecule has 1 aliphatic rings. The van der Waals surface area contributed by atoms with Crippen LogP contribution in [0.25, 0.3) is 97.6 Å². The molecular formula is C44H24N4OS. The minimum atomic E-state index is 0.641. The van der Waals surface area contributed by atoms with Crippen LogP contribution in [0.2, 0.25) is 0 Å². The van der Waals surface area contributed by atoms with Gasteiger partial charge in [-0.15, -0.1) is 11.3 Å². The lowest BCUT2D eigenvalue weighted by atomic mass is 10.0. The summed E-state index contributed by atoms with van der Waals surface area (Å²) in [7, 11) is 0. The normalized spacial score (nSPS) is 12.6. The lowest BCUT2D eigenvalue weighted by molar-refractivity contribution is 0.486. The first kappa shape index (κ1) is 26.5. The molecule has 0 radical (unpaired) electrons. The van der Waals surface area contributed by atoms with E-state index in [1.54, 1.807) is 0 Å². The zero-order chi connectivity index (χ0) is 32.5. The fourth-order valence-corrected chi connectivity index (χ4v) is 9.43. The second-order valence-corrected chi connectivity index (χ2v) is 14.0. The second-order valence-electron chi connectivity index (χ2n) is 12.9. The third-order valence-corrected chi connectivity index (χ3v) is 11.5. The topological polar surface area (TPSA) is 44.9 Å². The van der Waals surface area contributed by atoms with Crippen molar-refractivity contribution in [2.75, 3.05) is 0 Å². The quantitative estimate of drug-likeness (QED) is 0.186. The molecule has 0 fully saturated rings. The van der Waals surface area contributed by atoms with Gasteiger partial charge in [-0.2, -0.15) is 0 Å². The average molecular weight is 657 g/mol. The highest BCUT2D eigenvalue weighted by atomic mass is 32.1. The van der Waals surface area contributed by atoms with Crippen LogP contribution in [-0.4, -0.2) is 19.1 Å². The Hall–Kier alpha value is -6.50. The van der Waals surface area contributed by atoms with Crippen molar-refractivity contribution >= 4 is 86.0 Å². The number of fused-ring (bicyclic) bond motifs is 12. The van der Waals surface area contributed by atoms with Crippen LogP contribution < -0.4 is 4.74 Å². The van der Waals surface area contributed by atoms with Gasteiger partial charge in [0.1, 0.15) is 11.5 Å². The molecular weight excluding hydrogens is 633 g/mol. The van der Waals surface area contributed by atoms with Crippen molar-refractivity contribution < 1.29 is 4.74 Å². The molecule has 6 heteroatoms. The summed E-state index contributed by atoms with van der Waals surface area (Å²) in [5.74, 6) is 2.23. The molecule has 232 valence electrons. The number of rotatable bonds is 2. The lowest BCUT2D eigenvalue weighted by Gasteiger charge is -2.21. The van der Waals surface area contributed by atoms with E-state index in [1.807, 2.05) is 41.7 Å². The summed E-state index contributed by atoms with van der Waals surface area (Å²) >= 11 is 1.85. The standard InChI is InChI=1S/C44H24N4OS/c1-5-16-31-25(11-1)26-23-24-34-40(27-12-2-6-17-32(27)47(34)33-18-10-22-38-39(33)29-14-4-8-21-37(29)50-38)43(26)48(31)44-45-30-15-9-20-36-41(30)42(46-44)28-13-3-7-19-35(28)49-36/h1-24H. The van der Waals surface area contributed by atoms with Gasteiger partial charge in [0.15, 0.2) is 0 Å². The van der Waals surface area contributed by atoms with E-state index in [1.165, 1.54) is 52.9 Å². The van der Waals surface area contributed by atoms with Gasteiger partial charge in [-0.1, -0.05) is 84.9 Å². The second kappa shape index (κ2) is 9.56. The predicted molar refractivity (Wildman–Crippen MR) is 207 cm³/mol. The number of para-hydroxylation sites is 3. The summed E-state index contributed by atoms with van der Waals surface area (Å²) in [6.45, 7) is 0. The summed E-state index contributed by atoms with van der Waals surface area (Å²) in [5, 5.41) is 8.22. The van der Waals surface area contributed by atoms with Crippen LogP contribution in [0, 0.1) is 0 Å². The van der Waals surface area contributed by atoms with E-state index in [4.69, 9.17) is 14.7 Å². The summed E-state index contributed by atoms with van der Waals surface area (Å²) in [6, 6.07) is 51.6. The van der Waals surface area contributed by atoms with Gasteiger partial charge in [-0.05, 0) is 60.7 Å². The molecule has 0 saturated heterocycles. The van der Waals surface area contributed by atoms with Crippen molar-refractivity contribution in [3.63, 3.8) is 0 Å². The molecule has 0 spiro atoms. The third kappa shape index (κ3) is 3.35. The molecule has 0 unspecified atom stereocenters. The highest BCUT2D eigenvalue weighted by molar-refractivity contribution is 7.25. The summed E-state index contributed by atoms with van der Waals surface area (Å²) in [5.41, 5.74) is 8.38. The van der Waals surface area contributed by atoms with Crippen LogP contribution in [-0.2, 0) is 0 Å². The van der Waals surface area contributed by atoms with E-state index in [9.17, 15) is 0 Å². The molecule has 4 aromatic heterocycles. The fraction of sp³-hybridized carbons (Fsp3) is 0. The number of thiophene rings is 1. The zero-order valence-electron chi connectivity index (χ0n) is 26.5. The predicted octanol–water partition coefficient (Wildman–Crippen LogP) is 12.0. The lowest BCUT2D eigenvalue weighted by Crippen LogP contribution is -2.06. The Balaban J connectivity index is 1.26. The number of ether oxygens (including phenoxy) is 1. The Morgan fingerprint density at radius 1 is 0.460 bits per heavy atom. The van der Waals surface area contributed by atoms with Gasteiger partial charge in [-0.25, -0.2) is 9.97 Å². The maximum atomic E-state index is 6.33. The number of benzene rings is 7. The molecule has 11 aromatic rings. The van der Waals surface area contributed by atoms with Crippen molar-refractivity contribution in [3.05, 3.63) is 146 Å². The first-order valence-corrected chi connectivity index (χ1v) is 17.6. The first-order chi connectivity index (χ1) is 24.8. The zero-order valence-corrected chi connectivity index (χ0v) is 27.3. The molecule has 0 bridgehead atoms. The van der Waals surface area contributed by atoms with Crippen molar-refractivity contribution in [3.8, 4) is 34.4 Å². The molecule has 0 aliphatic carbocycles. The van der Waals surface area contributed by atoms with E-state index in [0.717, 1.165) is 50.2 Å². The van der Waals surface area contributed by atoms with Gasteiger partial charge in [0.2, 0.25) is 5.95 Å². The van der Waals surface area contributed by atoms with Crippen LogP contribution >= 0.6 is 11.3 Å². The van der Waals surface area contributed by atoms with Gasteiger partial charge in [0.25, 0.3) is 0 Å². The van der Waals surface area contributed by atoms with E-state index in [-0.39, 0.29) is 0 Å². The van der Waals surface area contributed by atoms with E-state index < -0.39 is 0 Å². The summed E-state index contributed by atoms with van der Waals surface area (Å²) in [6.07, 6.45) is 0. The van der Waals surface area contributed by atoms with Gasteiger partial charge in [-0.3, -0.25) is 4.57 Å². The van der Waals surface area contributed by atoms with Crippen molar-refractivity contribution in [2.45, 2.75) is 0 Å². The number of nitrogens with zero attached hydrogens (tertiary/aromatic N) is 4. The third-order valence-electron chi connectivity index (χ3n) is 10.3. The number of aromatic nitrogens is 4. The Bertz CT molecular complexity index is 3260. The number of hydrogen-bond donors (Lipinski definition) is 0. The smallest absolute Gasteiger partial charge is 0.235 e. The highest BCUT2D eigenvalue weighted by Gasteiger charge is 2.26. The van der Waals surface area contributed by atoms with Crippen molar-refractivity contribution in [1.82, 2.24) is 19.1 Å². The Labute approximate surface area is 288 Å². The van der Waals surface area contributed by atoms with Crippen LogP contribution in [0.3, 0.4) is 0 Å². The molecule has 5 heterocycles. The maximum Gasteiger partial charge on any atom is 0.235 e. The van der Waals surface area contributed by atoms with Gasteiger partial charge in [0.05, 0.1) is 44.4 Å². The van der Waals surface area contributed by atoms with Crippen molar-refractivity contribution in [1.29, 1.82) is 0 Å². The number of hydrogen-bond acceptors (Lipinski definition) is 4. The van der Waals surface area contributed by atoms with Crippen molar-refractivity contribution in [2.24, 2.45) is 0 Å². The Morgan fingerprint density at radius 3 is 2.10 bits per heavy atom. The first-order valence-electron chi connectivity index (χ1n) is 16.8. The van der Waals surface area contributed by atoms with Crippen LogP contribution in [0.5, 0.6) is 11.5 Å². The fourth-order valence-electron chi connectivity index (χ4n) is 8.31. The monoisotopic (exact) mass is 656 g/mol. The SMILES string of the molecule is c1ccc2c(c1)Oc1cccc3nc(-n4c5ccccc5c5ccc6c(c7ccccc7n6-c6cccc7sc8ccccc8c67)c54)nc-2c13. The molecule has 0 amide bonds. The van der Waals surface area contributed by atoms with Gasteiger partial charge in [0, 0.05) is 47.3 Å². The van der Waals surface area contributed by atoms with E-state index in [0.29, 0.717) is 5.95 Å². The molecule has 1 aliphatic heterocycles. The molecule has 0 atom stereocenters. The molecule has 7 aromatic carbocycles. The minimum absolute atomic E-state index is 0.641. The van der Waals surface area contributed by atoms with Crippen LogP contribution in [0.4, 0.5) is 0 Å². The highest BCUT2D eigenvalue weighted by Crippen LogP contribution is 2.47. The molecule has 50 heavy (non-hydrogen) atoms. The summed E-state index contributed by atoms with van der Waals surface area (Å²) < 4.78 is 13.7. The molecule has 0 N–H and O–H groups in total. The van der Waals surface area contributed by atoms with E-state index in [2.05, 4.69) is 124 Å². The average Bonchev–Trinajstić information content (AvgIpc) is 3.82. The van der Waals surface area contributed by atoms with Gasteiger partial charge >= 0.3 is 0 Å². The molecule has 5 nitrogen and oxygen atoms in total. The maximum absolute atomic E-state index is 6.33. The minimum Gasteiger partial charge on any atom is -0.456 e. The largest absolute Gasteiger partial charge is 0.456 e. The molecule has 12 rings (SSSR count). The Kier molecular flexibility index (Phi) is 5.06.